The molecule has 0 aromatic heterocycles. The number of nitrogens with one attached hydrogen (secondary N) is 2. The normalized spacial score (nSPS) is 13.5. The molecular formula is C30H56FN5O2. The Morgan fingerprint density at radius 2 is 1.84 bits per heavy atom. The Morgan fingerprint density at radius 1 is 1.18 bits per heavy atom. The summed E-state index contributed by atoms with van der Waals surface area (Å²) in [5, 5.41) is 5.51. The molecule has 1 aromatic carbocycles. The van der Waals surface area contributed by atoms with Crippen molar-refractivity contribution < 1.29 is 13.9 Å². The first-order chi connectivity index (χ1) is 18.3. The molecule has 38 heavy (non-hydrogen) atoms. The van der Waals surface area contributed by atoms with Crippen LogP contribution in [0.15, 0.2) is 48.3 Å². The minimum atomic E-state index is -0.356. The van der Waals surface area contributed by atoms with Gasteiger partial charge in [-0.25, -0.2) is 4.39 Å². The summed E-state index contributed by atoms with van der Waals surface area (Å²) < 4.78 is 18.0. The molecule has 0 radical (unpaired) electrons. The van der Waals surface area contributed by atoms with Crippen molar-refractivity contribution in [2.24, 2.45) is 5.73 Å². The quantitative estimate of drug-likeness (QED) is 0.246. The minimum absolute atomic E-state index is 0.0107. The van der Waals surface area contributed by atoms with Crippen LogP contribution in [0.2, 0.25) is 0 Å². The van der Waals surface area contributed by atoms with Crippen LogP contribution < -0.4 is 16.4 Å². The second-order valence-corrected chi connectivity index (χ2v) is 9.26. The monoisotopic (exact) mass is 537 g/mol. The summed E-state index contributed by atoms with van der Waals surface area (Å²) in [4.78, 5) is 14.1. The molecule has 220 valence electrons. The van der Waals surface area contributed by atoms with E-state index in [1.54, 1.807) is 27.3 Å². The standard InChI is InChI=1S/C13H19N.C10H18FNO2.C4H11N3.C3H8/c1-12-6-5-7-13(10-12)11-14-8-3-2-4-9-14;1-3-4-7-14-9-10(11)8-12(2)5-6-13;1-6-3-4(5)7-2;1-3-2/h5-7,10H,2-4,8-9,11H2,1H3;6,8H,3-5,7,9H2,1-2H3;3,6-7H,5H2,1-2H3;3H2,1-2H3/b;10-8-;4-3+;. The minimum Gasteiger partial charge on any atom is -0.391 e. The van der Waals surface area contributed by atoms with Gasteiger partial charge in [0.15, 0.2) is 0 Å². The second kappa shape index (κ2) is 27.5. The van der Waals surface area contributed by atoms with Crippen molar-refractivity contribution in [1.29, 1.82) is 0 Å². The van der Waals surface area contributed by atoms with Gasteiger partial charge in [0.25, 0.3) is 0 Å². The van der Waals surface area contributed by atoms with Gasteiger partial charge in [0.1, 0.15) is 17.9 Å². The van der Waals surface area contributed by atoms with Crippen LogP contribution in [0.5, 0.6) is 0 Å². The maximum Gasteiger partial charge on any atom is 0.141 e. The maximum atomic E-state index is 13.0. The summed E-state index contributed by atoms with van der Waals surface area (Å²) in [6.07, 6.45) is 11.1. The predicted octanol–water partition coefficient (Wildman–Crippen LogP) is 5.32. The number of carbonyl (C=O) groups excluding carboxylic acids is 1. The number of aldehydes is 1. The van der Waals surface area contributed by atoms with Crippen molar-refractivity contribution in [3.05, 3.63) is 59.4 Å². The first-order valence-electron chi connectivity index (χ1n) is 13.9. The van der Waals surface area contributed by atoms with Crippen LogP contribution in [0, 0.1) is 6.92 Å². The van der Waals surface area contributed by atoms with Gasteiger partial charge < -0.3 is 30.8 Å². The zero-order valence-electron chi connectivity index (χ0n) is 25.2. The van der Waals surface area contributed by atoms with E-state index in [2.05, 4.69) is 60.6 Å². The van der Waals surface area contributed by atoms with Crippen LogP contribution in [0.4, 0.5) is 4.39 Å². The van der Waals surface area contributed by atoms with E-state index in [1.807, 2.05) is 6.92 Å². The number of likely N-dealkylation sites (tertiary alicyclic amines) is 1. The summed E-state index contributed by atoms with van der Waals surface area (Å²) in [5.41, 5.74) is 8.11. The largest absolute Gasteiger partial charge is 0.391 e. The highest BCUT2D eigenvalue weighted by atomic mass is 19.1. The van der Waals surface area contributed by atoms with Gasteiger partial charge in [0, 0.05) is 46.7 Å². The molecule has 0 atom stereocenters. The van der Waals surface area contributed by atoms with Gasteiger partial charge in [0.2, 0.25) is 0 Å². The fraction of sp³-hybridized carbons (Fsp3) is 0.633. The molecular weight excluding hydrogens is 481 g/mol. The van der Waals surface area contributed by atoms with Crippen LogP contribution >= 0.6 is 0 Å². The molecule has 0 spiro atoms. The molecule has 1 saturated heterocycles. The number of ether oxygens (including phenoxy) is 1. The lowest BCUT2D eigenvalue weighted by atomic mass is 10.1. The highest BCUT2D eigenvalue weighted by Crippen LogP contribution is 2.13. The Kier molecular flexibility index (Phi) is 27.1. The molecule has 1 aliphatic heterocycles. The molecule has 1 fully saturated rings. The van der Waals surface area contributed by atoms with Crippen LogP contribution in [0.25, 0.3) is 0 Å². The molecule has 1 aliphatic rings. The van der Waals surface area contributed by atoms with Crippen LogP contribution in [0.1, 0.15) is 70.4 Å². The molecule has 4 N–H and O–H groups in total. The molecule has 0 unspecified atom stereocenters. The topological polar surface area (TPSA) is 82.9 Å². The van der Waals surface area contributed by atoms with E-state index in [1.165, 1.54) is 61.0 Å². The second-order valence-electron chi connectivity index (χ2n) is 9.26. The van der Waals surface area contributed by atoms with Crippen LogP contribution in [-0.2, 0) is 16.1 Å². The number of likely N-dealkylation sites (N-methyl/N-ethyl adjacent to an activating group) is 1. The molecule has 1 heterocycles. The number of nitrogens with zero attached hydrogens (tertiary/aromatic N) is 2. The van der Waals surface area contributed by atoms with E-state index >= 15 is 0 Å². The van der Waals surface area contributed by atoms with Gasteiger partial charge in [-0.05, 0) is 44.8 Å². The van der Waals surface area contributed by atoms with Crippen LogP contribution in [-0.4, -0.2) is 70.1 Å². The number of hydrogen-bond donors (Lipinski definition) is 3. The lowest BCUT2D eigenvalue weighted by Crippen LogP contribution is -2.29. The lowest BCUT2D eigenvalue weighted by molar-refractivity contribution is -0.108. The lowest BCUT2D eigenvalue weighted by Gasteiger charge is -2.26. The van der Waals surface area contributed by atoms with E-state index in [-0.39, 0.29) is 19.0 Å². The number of aryl methyl sites for hydroxylation is 1. The van der Waals surface area contributed by atoms with Gasteiger partial charge in [0.05, 0.1) is 13.2 Å². The molecule has 7 nitrogen and oxygen atoms in total. The smallest absolute Gasteiger partial charge is 0.141 e. The number of unbranched alkanes of at least 4 members (excludes halogenated alkanes) is 1. The van der Waals surface area contributed by atoms with Crippen molar-refractivity contribution in [1.82, 2.24) is 20.4 Å². The van der Waals surface area contributed by atoms with E-state index < -0.39 is 0 Å². The zero-order valence-corrected chi connectivity index (χ0v) is 25.2. The first kappa shape index (κ1) is 37.6. The third-order valence-electron chi connectivity index (χ3n) is 5.13. The van der Waals surface area contributed by atoms with Crippen molar-refractivity contribution in [2.45, 2.75) is 72.8 Å². The Hall–Kier alpha value is -2.58. The van der Waals surface area contributed by atoms with Gasteiger partial charge in [-0.3, -0.25) is 4.90 Å². The van der Waals surface area contributed by atoms with Crippen LogP contribution in [0.3, 0.4) is 0 Å². The molecule has 1 aromatic rings. The molecule has 8 heteroatoms. The van der Waals surface area contributed by atoms with Crippen molar-refractivity contribution in [2.75, 3.05) is 54.0 Å². The molecule has 0 saturated carbocycles. The van der Waals surface area contributed by atoms with Gasteiger partial charge in [-0.1, -0.05) is 69.9 Å². The molecule has 0 bridgehead atoms. The summed E-state index contributed by atoms with van der Waals surface area (Å²) in [6.45, 7) is 12.9. The van der Waals surface area contributed by atoms with E-state index in [4.69, 9.17) is 10.5 Å². The third kappa shape index (κ3) is 25.1. The van der Waals surface area contributed by atoms with E-state index in [0.29, 0.717) is 12.4 Å². The number of rotatable bonds is 12. The Balaban J connectivity index is 0. The number of halogens is 1. The van der Waals surface area contributed by atoms with Gasteiger partial charge in [-0.2, -0.15) is 0 Å². The van der Waals surface area contributed by atoms with Crippen molar-refractivity contribution in [3.63, 3.8) is 0 Å². The van der Waals surface area contributed by atoms with Crippen molar-refractivity contribution in [3.8, 4) is 0 Å². The van der Waals surface area contributed by atoms with Gasteiger partial charge >= 0.3 is 0 Å². The fourth-order valence-corrected chi connectivity index (χ4v) is 3.28. The highest BCUT2D eigenvalue weighted by molar-refractivity contribution is 5.52. The third-order valence-corrected chi connectivity index (χ3v) is 5.13. The van der Waals surface area contributed by atoms with E-state index in [9.17, 15) is 9.18 Å². The fourth-order valence-electron chi connectivity index (χ4n) is 3.28. The number of hydrogen-bond acceptors (Lipinski definition) is 7. The van der Waals surface area contributed by atoms with Gasteiger partial charge in [-0.15, -0.1) is 0 Å². The van der Waals surface area contributed by atoms with E-state index in [0.717, 1.165) is 25.7 Å². The zero-order chi connectivity index (χ0) is 29.0. The predicted molar refractivity (Wildman–Crippen MR) is 160 cm³/mol. The first-order valence-corrected chi connectivity index (χ1v) is 13.9. The summed E-state index contributed by atoms with van der Waals surface area (Å²) >= 11 is 0. The summed E-state index contributed by atoms with van der Waals surface area (Å²) in [7, 11) is 5.20. The summed E-state index contributed by atoms with van der Waals surface area (Å²) in [6, 6.07) is 8.87. The number of carbonyl (C=O) groups is 1. The average molecular weight is 538 g/mol. The number of piperidine rings is 1. The Morgan fingerprint density at radius 3 is 2.34 bits per heavy atom. The number of nitrogens with two attached hydrogens (primary N) is 1. The molecule has 0 aliphatic carbocycles. The Bertz CT molecular complexity index is 737. The summed E-state index contributed by atoms with van der Waals surface area (Å²) in [5.74, 6) is 0.285. The average Bonchev–Trinajstić information content (AvgIpc) is 2.89. The molecule has 2 rings (SSSR count). The van der Waals surface area contributed by atoms with Crippen molar-refractivity contribution >= 4 is 6.29 Å². The maximum absolute atomic E-state index is 13.0. The SMILES string of the molecule is CCC.CCCCOC/C(F)=C/N(C)CC=O.CN/C=C(\N)NC.Cc1cccc(CN2CCCCC2)c1. The Labute approximate surface area is 232 Å². The molecule has 0 amide bonds. The number of benzene rings is 1. The highest BCUT2D eigenvalue weighted by Gasteiger charge is 2.09.